The number of benzene rings is 1. The molecule has 1 unspecified atom stereocenters. The summed E-state index contributed by atoms with van der Waals surface area (Å²) in [6.45, 7) is 2.43. The first-order valence-electron chi connectivity index (χ1n) is 8.78. The summed E-state index contributed by atoms with van der Waals surface area (Å²) in [4.78, 5) is 29.0. The summed E-state index contributed by atoms with van der Waals surface area (Å²) in [6, 6.07) is 13.8. The van der Waals surface area contributed by atoms with E-state index in [1.807, 2.05) is 23.1 Å². The van der Waals surface area contributed by atoms with E-state index in [9.17, 15) is 9.59 Å². The number of aromatic nitrogens is 2. The smallest absolute Gasteiger partial charge is 0.274 e. The van der Waals surface area contributed by atoms with Crippen molar-refractivity contribution in [3.05, 3.63) is 64.1 Å². The number of carbonyl (C=O) groups is 1. The lowest BCUT2D eigenvalue weighted by atomic mass is 10.0. The van der Waals surface area contributed by atoms with Crippen LogP contribution in [0.3, 0.4) is 0 Å². The Hall–Kier alpha value is -2.47. The van der Waals surface area contributed by atoms with Crippen molar-refractivity contribution in [2.24, 2.45) is 7.05 Å². The largest absolute Gasteiger partial charge is 0.328 e. The summed E-state index contributed by atoms with van der Waals surface area (Å²) in [7, 11) is 1.57. The molecule has 0 bridgehead atoms. The summed E-state index contributed by atoms with van der Waals surface area (Å²) in [5.41, 5.74) is 1.25. The Balaban J connectivity index is 1.64. The molecule has 1 atom stereocenters. The maximum absolute atomic E-state index is 13.1. The van der Waals surface area contributed by atoms with Gasteiger partial charge in [-0.15, -0.1) is 0 Å². The number of amides is 1. The summed E-state index contributed by atoms with van der Waals surface area (Å²) in [6.07, 6.45) is 2.52. The molecule has 2 fully saturated rings. The van der Waals surface area contributed by atoms with Crippen LogP contribution in [0.1, 0.15) is 34.9 Å². The van der Waals surface area contributed by atoms with Gasteiger partial charge in [0.05, 0.1) is 6.04 Å². The van der Waals surface area contributed by atoms with Crippen molar-refractivity contribution in [1.29, 1.82) is 0 Å². The number of piperazine rings is 1. The molecule has 2 aromatic rings. The number of nitrogens with zero attached hydrogens (tertiary/aromatic N) is 4. The molecule has 1 saturated heterocycles. The first-order valence-corrected chi connectivity index (χ1v) is 8.78. The molecule has 2 heterocycles. The van der Waals surface area contributed by atoms with Crippen molar-refractivity contribution in [1.82, 2.24) is 19.6 Å². The predicted molar refractivity (Wildman–Crippen MR) is 94.3 cm³/mol. The third-order valence-corrected chi connectivity index (χ3v) is 5.10. The van der Waals surface area contributed by atoms with E-state index >= 15 is 0 Å². The topological polar surface area (TPSA) is 58.4 Å². The Morgan fingerprint density at radius 1 is 1.08 bits per heavy atom. The number of hydrogen-bond acceptors (Lipinski definition) is 4. The van der Waals surface area contributed by atoms with Crippen molar-refractivity contribution in [2.45, 2.75) is 24.9 Å². The van der Waals surface area contributed by atoms with Crippen molar-refractivity contribution in [3.63, 3.8) is 0 Å². The van der Waals surface area contributed by atoms with Crippen LogP contribution < -0.4 is 5.56 Å². The molecule has 1 aromatic carbocycles. The fourth-order valence-corrected chi connectivity index (χ4v) is 3.54. The number of rotatable bonds is 3. The van der Waals surface area contributed by atoms with Gasteiger partial charge in [0.1, 0.15) is 5.69 Å². The Bertz CT molecular complexity index is 829. The van der Waals surface area contributed by atoms with Gasteiger partial charge in [0, 0.05) is 38.8 Å². The number of hydrogen-bond donors (Lipinski definition) is 0. The zero-order valence-electron chi connectivity index (χ0n) is 14.3. The van der Waals surface area contributed by atoms with E-state index < -0.39 is 0 Å². The molecule has 0 radical (unpaired) electrons. The highest BCUT2D eigenvalue weighted by Crippen LogP contribution is 2.33. The SMILES string of the molecule is Cn1nc(C(=O)N2CCN(C3CC3)CC2c2ccccc2)ccc1=O. The molecule has 1 aromatic heterocycles. The van der Waals surface area contributed by atoms with Crippen LogP contribution in [0.4, 0.5) is 0 Å². The fourth-order valence-electron chi connectivity index (χ4n) is 3.54. The van der Waals surface area contributed by atoms with Crippen molar-refractivity contribution >= 4 is 5.91 Å². The van der Waals surface area contributed by atoms with Crippen molar-refractivity contribution in [2.75, 3.05) is 19.6 Å². The fraction of sp³-hybridized carbons (Fsp3) is 0.421. The lowest BCUT2D eigenvalue weighted by Crippen LogP contribution is -2.51. The van der Waals surface area contributed by atoms with E-state index in [-0.39, 0.29) is 17.5 Å². The van der Waals surface area contributed by atoms with E-state index in [1.165, 1.54) is 29.7 Å². The highest BCUT2D eigenvalue weighted by molar-refractivity contribution is 5.92. The first kappa shape index (κ1) is 16.0. The van der Waals surface area contributed by atoms with Crippen LogP contribution in [-0.4, -0.2) is 51.2 Å². The van der Waals surface area contributed by atoms with Gasteiger partial charge in [-0.2, -0.15) is 5.10 Å². The quantitative estimate of drug-likeness (QED) is 0.850. The maximum Gasteiger partial charge on any atom is 0.274 e. The second-order valence-corrected chi connectivity index (χ2v) is 6.83. The average Bonchev–Trinajstić information content (AvgIpc) is 3.49. The van der Waals surface area contributed by atoms with E-state index in [0.717, 1.165) is 18.7 Å². The molecule has 6 nitrogen and oxygen atoms in total. The summed E-state index contributed by atoms with van der Waals surface area (Å²) >= 11 is 0. The van der Waals surface area contributed by atoms with Gasteiger partial charge in [-0.3, -0.25) is 14.5 Å². The average molecular weight is 338 g/mol. The van der Waals surface area contributed by atoms with Crippen LogP contribution in [-0.2, 0) is 7.05 Å². The standard InChI is InChI=1S/C19H22N4O2/c1-21-18(24)10-9-16(20-21)19(25)23-12-11-22(15-7-8-15)13-17(23)14-5-3-2-4-6-14/h2-6,9-10,15,17H,7-8,11-13H2,1H3. The molecule has 1 aliphatic heterocycles. The highest BCUT2D eigenvalue weighted by Gasteiger charge is 2.38. The maximum atomic E-state index is 13.1. The second-order valence-electron chi connectivity index (χ2n) is 6.83. The minimum Gasteiger partial charge on any atom is -0.328 e. The van der Waals surface area contributed by atoms with Crippen molar-refractivity contribution < 1.29 is 4.79 Å². The van der Waals surface area contributed by atoms with Gasteiger partial charge >= 0.3 is 0 Å². The molecular formula is C19H22N4O2. The Morgan fingerprint density at radius 2 is 1.84 bits per heavy atom. The first-order chi connectivity index (χ1) is 12.1. The molecule has 1 aliphatic carbocycles. The molecule has 4 rings (SSSR count). The zero-order chi connectivity index (χ0) is 17.4. The predicted octanol–water partition coefficient (Wildman–Crippen LogP) is 1.44. The summed E-state index contributed by atoms with van der Waals surface area (Å²) < 4.78 is 1.21. The normalized spacial score (nSPS) is 21.3. The molecule has 25 heavy (non-hydrogen) atoms. The molecule has 130 valence electrons. The van der Waals surface area contributed by atoms with Gasteiger partial charge in [-0.25, -0.2) is 4.68 Å². The molecular weight excluding hydrogens is 316 g/mol. The van der Waals surface area contributed by atoms with Crippen LogP contribution in [0.25, 0.3) is 0 Å². The van der Waals surface area contributed by atoms with Crippen LogP contribution in [0.5, 0.6) is 0 Å². The molecule has 1 saturated carbocycles. The van der Waals surface area contributed by atoms with E-state index in [1.54, 1.807) is 7.05 Å². The van der Waals surface area contributed by atoms with E-state index in [4.69, 9.17) is 0 Å². The van der Waals surface area contributed by atoms with Crippen molar-refractivity contribution in [3.8, 4) is 0 Å². The minimum atomic E-state index is -0.213. The molecule has 6 heteroatoms. The van der Waals surface area contributed by atoms with Gasteiger partial charge in [-0.1, -0.05) is 30.3 Å². The van der Waals surface area contributed by atoms with Crippen LogP contribution in [0.15, 0.2) is 47.3 Å². The lowest BCUT2D eigenvalue weighted by Gasteiger charge is -2.41. The Labute approximate surface area is 146 Å². The monoisotopic (exact) mass is 338 g/mol. The molecule has 0 spiro atoms. The zero-order valence-corrected chi connectivity index (χ0v) is 14.3. The van der Waals surface area contributed by atoms with E-state index in [2.05, 4.69) is 22.1 Å². The Morgan fingerprint density at radius 3 is 2.52 bits per heavy atom. The summed E-state index contributed by atoms with van der Waals surface area (Å²) in [5, 5.41) is 4.14. The van der Waals surface area contributed by atoms with Gasteiger partial charge in [0.2, 0.25) is 0 Å². The third-order valence-electron chi connectivity index (χ3n) is 5.10. The van der Waals surface area contributed by atoms with Gasteiger partial charge in [0.15, 0.2) is 0 Å². The van der Waals surface area contributed by atoms with Gasteiger partial charge in [0.25, 0.3) is 11.5 Å². The van der Waals surface area contributed by atoms with Crippen LogP contribution in [0, 0.1) is 0 Å². The second kappa shape index (κ2) is 6.44. The lowest BCUT2D eigenvalue weighted by molar-refractivity contribution is 0.0425. The Kier molecular flexibility index (Phi) is 4.13. The molecule has 0 N–H and O–H groups in total. The molecule has 1 amide bonds. The number of aryl methyl sites for hydroxylation is 1. The van der Waals surface area contributed by atoms with Gasteiger partial charge < -0.3 is 4.90 Å². The van der Waals surface area contributed by atoms with Gasteiger partial charge in [-0.05, 0) is 24.5 Å². The van der Waals surface area contributed by atoms with Crippen LogP contribution >= 0.6 is 0 Å². The molecule has 2 aliphatic rings. The highest BCUT2D eigenvalue weighted by atomic mass is 16.2. The third kappa shape index (κ3) is 3.22. The van der Waals surface area contributed by atoms with E-state index in [0.29, 0.717) is 18.3 Å². The minimum absolute atomic E-state index is 0.0158. The summed E-state index contributed by atoms with van der Waals surface area (Å²) in [5.74, 6) is -0.111. The van der Waals surface area contributed by atoms with Crippen LogP contribution in [0.2, 0.25) is 0 Å². The number of carbonyl (C=O) groups excluding carboxylic acids is 1.